The van der Waals surface area contributed by atoms with Gasteiger partial charge in [-0.2, -0.15) is 0 Å². The number of allylic oxidation sites excluding steroid dienone is 3. The second-order valence-corrected chi connectivity index (χ2v) is 3.48. The van der Waals surface area contributed by atoms with Crippen LogP contribution in [0.2, 0.25) is 0 Å². The molecule has 0 spiro atoms. The highest BCUT2D eigenvalue weighted by Crippen LogP contribution is 2.26. The van der Waals surface area contributed by atoms with Crippen molar-refractivity contribution in [2.75, 3.05) is 7.11 Å². The maximum Gasteiger partial charge on any atom is 0.122 e. The summed E-state index contributed by atoms with van der Waals surface area (Å²) in [5.41, 5.74) is 1.17. The molecule has 0 amide bonds. The minimum atomic E-state index is 0.935. The van der Waals surface area contributed by atoms with Crippen LogP contribution in [-0.2, 0) is 4.74 Å². The van der Waals surface area contributed by atoms with Crippen LogP contribution in [-0.4, -0.2) is 7.11 Å². The predicted octanol–water partition coefficient (Wildman–Crippen LogP) is 3.70. The maximum atomic E-state index is 5.28. The van der Waals surface area contributed by atoms with Crippen molar-refractivity contribution in [1.29, 1.82) is 0 Å². The lowest BCUT2D eigenvalue weighted by molar-refractivity contribution is 0.310. The smallest absolute Gasteiger partial charge is 0.122 e. The van der Waals surface area contributed by atoms with Gasteiger partial charge in [0.05, 0.1) is 7.11 Å². The average molecular weight is 194 g/mol. The van der Waals surface area contributed by atoms with Gasteiger partial charge < -0.3 is 4.74 Å². The summed E-state index contributed by atoms with van der Waals surface area (Å²) >= 11 is 1.73. The zero-order valence-electron chi connectivity index (χ0n) is 8.20. The van der Waals surface area contributed by atoms with Crippen molar-refractivity contribution in [2.24, 2.45) is 0 Å². The first kappa shape index (κ1) is 10.1. The lowest BCUT2D eigenvalue weighted by Gasteiger charge is -2.07. The summed E-state index contributed by atoms with van der Waals surface area (Å²) in [6.45, 7) is 4.01. The summed E-state index contributed by atoms with van der Waals surface area (Å²) in [7, 11) is 1.70. The van der Waals surface area contributed by atoms with Gasteiger partial charge in [-0.15, -0.1) is 11.3 Å². The summed E-state index contributed by atoms with van der Waals surface area (Å²) in [5.74, 6) is 0.935. The minimum Gasteiger partial charge on any atom is -0.496 e. The van der Waals surface area contributed by atoms with E-state index in [0.717, 1.165) is 5.76 Å². The Labute approximate surface area is 83.4 Å². The van der Waals surface area contributed by atoms with E-state index in [-0.39, 0.29) is 0 Å². The van der Waals surface area contributed by atoms with E-state index >= 15 is 0 Å². The van der Waals surface area contributed by atoms with E-state index < -0.39 is 0 Å². The van der Waals surface area contributed by atoms with Crippen LogP contribution in [0, 0.1) is 0 Å². The van der Waals surface area contributed by atoms with Crippen LogP contribution in [0.4, 0.5) is 0 Å². The Hall–Kier alpha value is -1.02. The van der Waals surface area contributed by atoms with Crippen LogP contribution in [0.15, 0.2) is 35.4 Å². The van der Waals surface area contributed by atoms with E-state index in [2.05, 4.69) is 17.5 Å². The molecule has 13 heavy (non-hydrogen) atoms. The lowest BCUT2D eigenvalue weighted by Crippen LogP contribution is -1.89. The Morgan fingerprint density at radius 2 is 2.15 bits per heavy atom. The number of methoxy groups -OCH3 is 1. The summed E-state index contributed by atoms with van der Waals surface area (Å²) in [6, 6.07) is 4.15. The standard InChI is InChI=1S/C11H14OS/c1-4-9(10(5-2)12-3)11-7-6-8-13-11/h4-8H,1-3H3/b9-4+,10-5+. The van der Waals surface area contributed by atoms with Gasteiger partial charge in [0.25, 0.3) is 0 Å². The summed E-state index contributed by atoms with van der Waals surface area (Å²) in [6.07, 6.45) is 4.06. The number of thiophene rings is 1. The summed E-state index contributed by atoms with van der Waals surface area (Å²) in [5, 5.41) is 2.07. The van der Waals surface area contributed by atoms with Gasteiger partial charge >= 0.3 is 0 Å². The van der Waals surface area contributed by atoms with Crippen molar-refractivity contribution in [2.45, 2.75) is 13.8 Å². The first-order valence-corrected chi connectivity index (χ1v) is 5.12. The van der Waals surface area contributed by atoms with Gasteiger partial charge in [0, 0.05) is 10.5 Å². The molecule has 0 aliphatic rings. The molecular weight excluding hydrogens is 180 g/mol. The molecule has 0 atom stereocenters. The van der Waals surface area contributed by atoms with Gasteiger partial charge in [0.2, 0.25) is 0 Å². The van der Waals surface area contributed by atoms with Crippen LogP contribution >= 0.6 is 11.3 Å². The van der Waals surface area contributed by atoms with Crippen molar-refractivity contribution in [1.82, 2.24) is 0 Å². The number of hydrogen-bond acceptors (Lipinski definition) is 2. The van der Waals surface area contributed by atoms with Crippen LogP contribution < -0.4 is 0 Å². The molecule has 0 unspecified atom stereocenters. The highest BCUT2D eigenvalue weighted by atomic mass is 32.1. The number of ether oxygens (including phenoxy) is 1. The average Bonchev–Trinajstić information content (AvgIpc) is 2.66. The molecule has 0 radical (unpaired) electrons. The Morgan fingerprint density at radius 1 is 1.38 bits per heavy atom. The molecule has 1 heterocycles. The first-order valence-electron chi connectivity index (χ1n) is 4.24. The Kier molecular flexibility index (Phi) is 3.77. The largest absolute Gasteiger partial charge is 0.496 e. The molecule has 0 saturated carbocycles. The van der Waals surface area contributed by atoms with Gasteiger partial charge in [-0.1, -0.05) is 12.1 Å². The molecule has 0 aliphatic heterocycles. The highest BCUT2D eigenvalue weighted by molar-refractivity contribution is 7.11. The summed E-state index contributed by atoms with van der Waals surface area (Å²) < 4.78 is 5.28. The fraction of sp³-hybridized carbons (Fsp3) is 0.273. The Morgan fingerprint density at radius 3 is 2.54 bits per heavy atom. The topological polar surface area (TPSA) is 9.23 Å². The molecule has 0 aliphatic carbocycles. The molecule has 0 aromatic carbocycles. The molecule has 0 saturated heterocycles. The third-order valence-electron chi connectivity index (χ3n) is 1.82. The third kappa shape index (κ3) is 2.22. The van der Waals surface area contributed by atoms with Gasteiger partial charge in [-0.05, 0) is 31.4 Å². The monoisotopic (exact) mass is 194 g/mol. The van der Waals surface area contributed by atoms with Crippen molar-refractivity contribution in [3.05, 3.63) is 40.3 Å². The van der Waals surface area contributed by atoms with E-state index in [1.54, 1.807) is 18.4 Å². The van der Waals surface area contributed by atoms with Gasteiger partial charge in [-0.3, -0.25) is 0 Å². The highest BCUT2D eigenvalue weighted by Gasteiger charge is 2.06. The Bertz CT molecular complexity index is 307. The van der Waals surface area contributed by atoms with Crippen LogP contribution in [0.3, 0.4) is 0 Å². The van der Waals surface area contributed by atoms with Crippen molar-refractivity contribution < 1.29 is 4.74 Å². The normalized spacial score (nSPS) is 13.2. The molecule has 2 heteroatoms. The zero-order valence-corrected chi connectivity index (χ0v) is 9.02. The number of rotatable bonds is 3. The molecular formula is C11H14OS. The second kappa shape index (κ2) is 4.87. The fourth-order valence-electron chi connectivity index (χ4n) is 1.22. The molecule has 70 valence electrons. The molecule has 1 aromatic heterocycles. The van der Waals surface area contributed by atoms with E-state index in [1.807, 2.05) is 26.0 Å². The lowest BCUT2D eigenvalue weighted by atomic mass is 10.1. The fourth-order valence-corrected chi connectivity index (χ4v) is 2.03. The minimum absolute atomic E-state index is 0.935. The Balaban J connectivity index is 3.00. The molecule has 0 N–H and O–H groups in total. The van der Waals surface area contributed by atoms with Crippen molar-refractivity contribution in [3.63, 3.8) is 0 Å². The molecule has 1 aromatic rings. The molecule has 1 nitrogen and oxygen atoms in total. The van der Waals surface area contributed by atoms with Crippen LogP contribution in [0.5, 0.6) is 0 Å². The van der Waals surface area contributed by atoms with Gasteiger partial charge in [0.15, 0.2) is 0 Å². The van der Waals surface area contributed by atoms with Crippen LogP contribution in [0.1, 0.15) is 18.7 Å². The van der Waals surface area contributed by atoms with Crippen molar-refractivity contribution >= 4 is 16.9 Å². The van der Waals surface area contributed by atoms with E-state index in [9.17, 15) is 0 Å². The zero-order chi connectivity index (χ0) is 9.68. The van der Waals surface area contributed by atoms with Crippen molar-refractivity contribution in [3.8, 4) is 0 Å². The quantitative estimate of drug-likeness (QED) is 0.526. The van der Waals surface area contributed by atoms with Crippen LogP contribution in [0.25, 0.3) is 5.57 Å². The summed E-state index contributed by atoms with van der Waals surface area (Å²) in [4.78, 5) is 1.25. The van der Waals surface area contributed by atoms with Gasteiger partial charge in [0.1, 0.15) is 5.76 Å². The van der Waals surface area contributed by atoms with E-state index in [1.165, 1.54) is 10.5 Å². The first-order chi connectivity index (χ1) is 6.33. The van der Waals surface area contributed by atoms with E-state index in [4.69, 9.17) is 4.74 Å². The maximum absolute atomic E-state index is 5.28. The number of hydrogen-bond donors (Lipinski definition) is 0. The van der Waals surface area contributed by atoms with E-state index in [0.29, 0.717) is 0 Å². The SMILES string of the molecule is C/C=C(OC)\C(=C/C)c1cccs1. The predicted molar refractivity (Wildman–Crippen MR) is 58.7 cm³/mol. The molecule has 1 rings (SSSR count). The third-order valence-corrected chi connectivity index (χ3v) is 2.73. The van der Waals surface area contributed by atoms with Gasteiger partial charge in [-0.25, -0.2) is 0 Å². The molecule has 0 bridgehead atoms. The second-order valence-electron chi connectivity index (χ2n) is 2.54. The molecule has 0 fully saturated rings.